The molecule has 0 N–H and O–H groups in total. The van der Waals surface area contributed by atoms with Gasteiger partial charge in [0.1, 0.15) is 11.6 Å². The topological polar surface area (TPSA) is 42.9 Å². The monoisotopic (exact) mass is 268 g/mol. The summed E-state index contributed by atoms with van der Waals surface area (Å²) in [5, 5.41) is 0. The highest BCUT2D eigenvalue weighted by Crippen LogP contribution is 2.23. The highest BCUT2D eigenvalue weighted by molar-refractivity contribution is 5.75. The Labute approximate surface area is 120 Å². The number of hydrogen-bond acceptors (Lipinski definition) is 3. The number of benzene rings is 1. The maximum atomic E-state index is 11.1. The molecule has 0 saturated heterocycles. The van der Waals surface area contributed by atoms with Crippen LogP contribution in [0.25, 0.3) is 11.3 Å². The highest BCUT2D eigenvalue weighted by Gasteiger charge is 2.08. The van der Waals surface area contributed by atoms with Gasteiger partial charge >= 0.3 is 0 Å². The molecule has 104 valence electrons. The second kappa shape index (κ2) is 5.95. The minimum absolute atomic E-state index is 0.170. The van der Waals surface area contributed by atoms with Crippen molar-refractivity contribution in [3.63, 3.8) is 0 Å². The van der Waals surface area contributed by atoms with E-state index in [0.29, 0.717) is 12.8 Å². The van der Waals surface area contributed by atoms with Crippen LogP contribution in [0.1, 0.15) is 36.0 Å². The Morgan fingerprint density at radius 1 is 1.10 bits per heavy atom. The molecule has 3 nitrogen and oxygen atoms in total. The number of carbonyl (C=O) groups excluding carboxylic acids is 1. The Morgan fingerprint density at radius 3 is 2.50 bits per heavy atom. The molecule has 0 bridgehead atoms. The summed E-state index contributed by atoms with van der Waals surface area (Å²) in [6, 6.07) is 8.34. The van der Waals surface area contributed by atoms with E-state index in [1.807, 2.05) is 13.0 Å². The van der Waals surface area contributed by atoms with Crippen molar-refractivity contribution in [1.82, 2.24) is 9.97 Å². The number of aromatic nitrogens is 2. The zero-order valence-electron chi connectivity index (χ0n) is 12.5. The predicted octanol–water partition coefficient (Wildman–Crippen LogP) is 3.59. The fraction of sp³-hybridized carbons (Fsp3) is 0.353. The molecular formula is C17H20N2O. The number of aryl methyl sites for hydroxylation is 4. The molecule has 0 aliphatic rings. The quantitative estimate of drug-likeness (QED) is 0.851. The SMILES string of the molecule is CC(=O)CCc1nc(C)cc(-c2ccc(C)cc2C)n1. The van der Waals surface area contributed by atoms with Crippen molar-refractivity contribution in [3.8, 4) is 11.3 Å². The van der Waals surface area contributed by atoms with Gasteiger partial charge in [0.25, 0.3) is 0 Å². The van der Waals surface area contributed by atoms with Crippen molar-refractivity contribution in [1.29, 1.82) is 0 Å². The average molecular weight is 268 g/mol. The largest absolute Gasteiger partial charge is 0.300 e. The van der Waals surface area contributed by atoms with E-state index in [1.54, 1.807) is 6.92 Å². The summed E-state index contributed by atoms with van der Waals surface area (Å²) in [5.41, 5.74) is 5.46. The number of ketones is 1. The molecule has 0 aliphatic heterocycles. The van der Waals surface area contributed by atoms with E-state index < -0.39 is 0 Å². The fourth-order valence-electron chi connectivity index (χ4n) is 2.27. The third-order valence-electron chi connectivity index (χ3n) is 3.26. The zero-order valence-corrected chi connectivity index (χ0v) is 12.5. The Bertz CT molecular complexity index is 647. The third kappa shape index (κ3) is 3.50. The molecule has 1 heterocycles. The summed E-state index contributed by atoms with van der Waals surface area (Å²) in [4.78, 5) is 20.1. The summed E-state index contributed by atoms with van der Waals surface area (Å²) in [6.45, 7) is 7.74. The average Bonchev–Trinajstić information content (AvgIpc) is 2.35. The Balaban J connectivity index is 2.38. The lowest BCUT2D eigenvalue weighted by Crippen LogP contribution is -2.02. The van der Waals surface area contributed by atoms with Crippen molar-refractivity contribution in [2.75, 3.05) is 0 Å². The molecule has 0 spiro atoms. The molecule has 2 rings (SSSR count). The zero-order chi connectivity index (χ0) is 14.7. The van der Waals surface area contributed by atoms with Gasteiger partial charge in [-0.25, -0.2) is 9.97 Å². The lowest BCUT2D eigenvalue weighted by atomic mass is 10.0. The molecule has 20 heavy (non-hydrogen) atoms. The van der Waals surface area contributed by atoms with Gasteiger partial charge in [0.05, 0.1) is 5.69 Å². The standard InChI is InChI=1S/C17H20N2O/c1-11-5-7-15(12(2)9-11)16-10-13(3)18-17(19-16)8-6-14(4)20/h5,7,9-10H,6,8H2,1-4H3. The van der Waals surface area contributed by atoms with E-state index in [0.717, 1.165) is 22.8 Å². The molecule has 2 aromatic rings. The van der Waals surface area contributed by atoms with Gasteiger partial charge < -0.3 is 4.79 Å². The van der Waals surface area contributed by atoms with Crippen LogP contribution in [0.2, 0.25) is 0 Å². The molecule has 1 aromatic carbocycles. The summed E-state index contributed by atoms with van der Waals surface area (Å²) < 4.78 is 0. The first-order valence-corrected chi connectivity index (χ1v) is 6.87. The predicted molar refractivity (Wildman–Crippen MR) is 80.7 cm³/mol. The molecule has 0 aliphatic carbocycles. The lowest BCUT2D eigenvalue weighted by molar-refractivity contribution is -0.117. The summed E-state index contributed by atoms with van der Waals surface area (Å²) in [7, 11) is 0. The van der Waals surface area contributed by atoms with Gasteiger partial charge in [-0.2, -0.15) is 0 Å². The Morgan fingerprint density at radius 2 is 1.85 bits per heavy atom. The number of rotatable bonds is 4. The molecule has 0 amide bonds. The van der Waals surface area contributed by atoms with E-state index in [4.69, 9.17) is 0 Å². The number of carbonyl (C=O) groups is 1. The number of Topliss-reactive ketones (excluding diaryl/α,β-unsaturated/α-hetero) is 1. The van der Waals surface area contributed by atoms with Crippen LogP contribution in [0.5, 0.6) is 0 Å². The van der Waals surface area contributed by atoms with Gasteiger partial charge in [0.2, 0.25) is 0 Å². The van der Waals surface area contributed by atoms with Crippen molar-refractivity contribution in [3.05, 3.63) is 46.9 Å². The van der Waals surface area contributed by atoms with E-state index in [-0.39, 0.29) is 5.78 Å². The molecule has 0 atom stereocenters. The molecule has 3 heteroatoms. The van der Waals surface area contributed by atoms with E-state index in [9.17, 15) is 4.79 Å². The second-order valence-electron chi connectivity index (χ2n) is 5.33. The minimum Gasteiger partial charge on any atom is -0.300 e. The van der Waals surface area contributed by atoms with Gasteiger partial charge in [-0.05, 0) is 39.3 Å². The summed E-state index contributed by atoms with van der Waals surface area (Å²) in [5.74, 6) is 0.915. The molecule has 0 radical (unpaired) electrons. The first-order chi connectivity index (χ1) is 9.45. The van der Waals surface area contributed by atoms with Gasteiger partial charge in [0, 0.05) is 24.1 Å². The van der Waals surface area contributed by atoms with Crippen molar-refractivity contribution in [2.24, 2.45) is 0 Å². The van der Waals surface area contributed by atoms with Gasteiger partial charge in [-0.3, -0.25) is 0 Å². The maximum absolute atomic E-state index is 11.1. The first-order valence-electron chi connectivity index (χ1n) is 6.87. The molecule has 1 aromatic heterocycles. The molecule has 0 fully saturated rings. The van der Waals surface area contributed by atoms with E-state index in [2.05, 4.69) is 42.0 Å². The Hall–Kier alpha value is -2.03. The third-order valence-corrected chi connectivity index (χ3v) is 3.26. The summed E-state index contributed by atoms with van der Waals surface area (Å²) in [6.07, 6.45) is 1.10. The van der Waals surface area contributed by atoms with Crippen LogP contribution in [0, 0.1) is 20.8 Å². The van der Waals surface area contributed by atoms with Gasteiger partial charge in [-0.1, -0.05) is 23.8 Å². The lowest BCUT2D eigenvalue weighted by Gasteiger charge is -2.09. The smallest absolute Gasteiger partial charge is 0.130 e. The van der Waals surface area contributed by atoms with E-state index in [1.165, 1.54) is 11.1 Å². The fourth-order valence-corrected chi connectivity index (χ4v) is 2.27. The summed E-state index contributed by atoms with van der Waals surface area (Å²) >= 11 is 0. The van der Waals surface area contributed by atoms with Crippen molar-refractivity contribution >= 4 is 5.78 Å². The highest BCUT2D eigenvalue weighted by atomic mass is 16.1. The number of hydrogen-bond donors (Lipinski definition) is 0. The van der Waals surface area contributed by atoms with Crippen LogP contribution >= 0.6 is 0 Å². The van der Waals surface area contributed by atoms with Crippen LogP contribution in [0.15, 0.2) is 24.3 Å². The van der Waals surface area contributed by atoms with Crippen molar-refractivity contribution < 1.29 is 4.79 Å². The number of nitrogens with zero attached hydrogens (tertiary/aromatic N) is 2. The maximum Gasteiger partial charge on any atom is 0.130 e. The minimum atomic E-state index is 0.170. The van der Waals surface area contributed by atoms with Crippen molar-refractivity contribution in [2.45, 2.75) is 40.5 Å². The molecule has 0 saturated carbocycles. The van der Waals surface area contributed by atoms with Crippen LogP contribution in [0.3, 0.4) is 0 Å². The van der Waals surface area contributed by atoms with E-state index >= 15 is 0 Å². The van der Waals surface area contributed by atoms with Gasteiger partial charge in [-0.15, -0.1) is 0 Å². The Kier molecular flexibility index (Phi) is 4.28. The van der Waals surface area contributed by atoms with Crippen LogP contribution in [-0.4, -0.2) is 15.8 Å². The molecule has 0 unspecified atom stereocenters. The van der Waals surface area contributed by atoms with Crippen LogP contribution < -0.4 is 0 Å². The van der Waals surface area contributed by atoms with Crippen LogP contribution in [-0.2, 0) is 11.2 Å². The van der Waals surface area contributed by atoms with Gasteiger partial charge in [0.15, 0.2) is 0 Å². The first kappa shape index (κ1) is 14.4. The normalized spacial score (nSPS) is 10.6. The van der Waals surface area contributed by atoms with Crippen LogP contribution in [0.4, 0.5) is 0 Å². The molecular weight excluding hydrogens is 248 g/mol. The second-order valence-corrected chi connectivity index (χ2v) is 5.33.